The second-order valence-corrected chi connectivity index (χ2v) is 4.57. The predicted molar refractivity (Wildman–Crippen MR) is 73.2 cm³/mol. The van der Waals surface area contributed by atoms with Crippen molar-refractivity contribution in [3.63, 3.8) is 0 Å². The fourth-order valence-corrected chi connectivity index (χ4v) is 1.96. The van der Waals surface area contributed by atoms with Crippen molar-refractivity contribution in [2.45, 2.75) is 18.9 Å². The van der Waals surface area contributed by atoms with Crippen LogP contribution in [0.4, 0.5) is 4.39 Å². The SMILES string of the molecule is NC(Cc1ccccc1)C(=O)Cc1cccc(F)c1. The van der Waals surface area contributed by atoms with Gasteiger partial charge in [0.2, 0.25) is 0 Å². The van der Waals surface area contributed by atoms with Crippen LogP contribution < -0.4 is 5.73 Å². The fourth-order valence-electron chi connectivity index (χ4n) is 1.96. The Morgan fingerprint density at radius 3 is 2.42 bits per heavy atom. The second-order valence-electron chi connectivity index (χ2n) is 4.57. The summed E-state index contributed by atoms with van der Waals surface area (Å²) in [5, 5.41) is 0. The number of carbonyl (C=O) groups excluding carboxylic acids is 1. The van der Waals surface area contributed by atoms with E-state index < -0.39 is 6.04 Å². The Hall–Kier alpha value is -2.00. The third-order valence-electron chi connectivity index (χ3n) is 2.98. The van der Waals surface area contributed by atoms with Crippen LogP contribution in [-0.2, 0) is 17.6 Å². The number of Topliss-reactive ketones (excluding diaryl/α,β-unsaturated/α-hetero) is 1. The van der Waals surface area contributed by atoms with Crippen molar-refractivity contribution in [1.82, 2.24) is 0 Å². The number of carbonyl (C=O) groups is 1. The van der Waals surface area contributed by atoms with Crippen LogP contribution in [-0.4, -0.2) is 11.8 Å². The molecule has 2 N–H and O–H groups in total. The average molecular weight is 257 g/mol. The van der Waals surface area contributed by atoms with Crippen molar-refractivity contribution < 1.29 is 9.18 Å². The van der Waals surface area contributed by atoms with Crippen LogP contribution in [0.1, 0.15) is 11.1 Å². The molecular formula is C16H16FNO. The van der Waals surface area contributed by atoms with Crippen LogP contribution >= 0.6 is 0 Å². The number of hydrogen-bond acceptors (Lipinski definition) is 2. The second kappa shape index (κ2) is 6.25. The highest BCUT2D eigenvalue weighted by Gasteiger charge is 2.14. The van der Waals surface area contributed by atoms with E-state index in [2.05, 4.69) is 0 Å². The molecule has 0 heterocycles. The smallest absolute Gasteiger partial charge is 0.154 e. The molecule has 2 nitrogen and oxygen atoms in total. The lowest BCUT2D eigenvalue weighted by atomic mass is 9.98. The van der Waals surface area contributed by atoms with Gasteiger partial charge < -0.3 is 5.73 Å². The Bertz CT molecular complexity index is 554. The van der Waals surface area contributed by atoms with Crippen molar-refractivity contribution in [2.24, 2.45) is 5.73 Å². The molecule has 0 spiro atoms. The minimum atomic E-state index is -0.550. The molecule has 0 saturated carbocycles. The van der Waals surface area contributed by atoms with Crippen molar-refractivity contribution in [1.29, 1.82) is 0 Å². The summed E-state index contributed by atoms with van der Waals surface area (Å²) in [6.07, 6.45) is 0.681. The summed E-state index contributed by atoms with van der Waals surface area (Å²) in [5.41, 5.74) is 7.58. The Morgan fingerprint density at radius 2 is 1.74 bits per heavy atom. The van der Waals surface area contributed by atoms with E-state index in [1.54, 1.807) is 12.1 Å². The largest absolute Gasteiger partial charge is 0.321 e. The van der Waals surface area contributed by atoms with Crippen molar-refractivity contribution in [3.8, 4) is 0 Å². The van der Waals surface area contributed by atoms with Gasteiger partial charge in [0.05, 0.1) is 6.04 Å². The molecular weight excluding hydrogens is 241 g/mol. The van der Waals surface area contributed by atoms with E-state index in [9.17, 15) is 9.18 Å². The summed E-state index contributed by atoms with van der Waals surface area (Å²) in [4.78, 5) is 12.0. The number of nitrogens with two attached hydrogens (primary N) is 1. The highest BCUT2D eigenvalue weighted by Crippen LogP contribution is 2.08. The number of halogens is 1. The molecule has 1 unspecified atom stereocenters. The van der Waals surface area contributed by atoms with E-state index in [1.165, 1.54) is 12.1 Å². The minimum Gasteiger partial charge on any atom is -0.321 e. The van der Waals surface area contributed by atoms with Gasteiger partial charge in [0.1, 0.15) is 5.82 Å². The molecule has 0 bridgehead atoms. The van der Waals surface area contributed by atoms with E-state index in [-0.39, 0.29) is 18.0 Å². The highest BCUT2D eigenvalue weighted by atomic mass is 19.1. The van der Waals surface area contributed by atoms with Crippen LogP contribution in [0.15, 0.2) is 54.6 Å². The monoisotopic (exact) mass is 257 g/mol. The molecule has 0 aliphatic rings. The molecule has 0 aromatic heterocycles. The lowest BCUT2D eigenvalue weighted by Crippen LogP contribution is -2.33. The predicted octanol–water partition coefficient (Wildman–Crippen LogP) is 2.51. The first-order valence-electron chi connectivity index (χ1n) is 6.22. The summed E-state index contributed by atoms with van der Waals surface area (Å²) >= 11 is 0. The quantitative estimate of drug-likeness (QED) is 0.894. The lowest BCUT2D eigenvalue weighted by molar-refractivity contribution is -0.119. The van der Waals surface area contributed by atoms with E-state index in [4.69, 9.17) is 5.73 Å². The van der Waals surface area contributed by atoms with Crippen molar-refractivity contribution >= 4 is 5.78 Å². The van der Waals surface area contributed by atoms with Crippen LogP contribution in [0, 0.1) is 5.82 Å². The van der Waals surface area contributed by atoms with Gasteiger partial charge in [0.25, 0.3) is 0 Å². The molecule has 2 rings (SSSR count). The Morgan fingerprint density at radius 1 is 1.05 bits per heavy atom. The summed E-state index contributed by atoms with van der Waals surface area (Å²) < 4.78 is 13.0. The molecule has 0 radical (unpaired) electrons. The Balaban J connectivity index is 1.96. The molecule has 98 valence electrons. The maximum Gasteiger partial charge on any atom is 0.154 e. The summed E-state index contributed by atoms with van der Waals surface area (Å²) in [7, 11) is 0. The summed E-state index contributed by atoms with van der Waals surface area (Å²) in [5.74, 6) is -0.406. The topological polar surface area (TPSA) is 43.1 Å². The lowest BCUT2D eigenvalue weighted by Gasteiger charge is -2.10. The van der Waals surface area contributed by atoms with Crippen molar-refractivity contribution in [2.75, 3.05) is 0 Å². The van der Waals surface area contributed by atoms with Gasteiger partial charge in [0, 0.05) is 6.42 Å². The molecule has 1 atom stereocenters. The normalized spacial score (nSPS) is 12.1. The molecule has 3 heteroatoms. The number of benzene rings is 2. The molecule has 0 aliphatic heterocycles. The molecule has 2 aromatic rings. The minimum absolute atomic E-state index is 0.0746. The first-order valence-corrected chi connectivity index (χ1v) is 6.22. The molecule has 0 aliphatic carbocycles. The first-order chi connectivity index (χ1) is 9.15. The van der Waals surface area contributed by atoms with E-state index in [0.717, 1.165) is 5.56 Å². The average Bonchev–Trinajstić information content (AvgIpc) is 2.40. The van der Waals surface area contributed by atoms with E-state index in [0.29, 0.717) is 12.0 Å². The van der Waals surface area contributed by atoms with Gasteiger partial charge in [-0.25, -0.2) is 4.39 Å². The van der Waals surface area contributed by atoms with Gasteiger partial charge >= 0.3 is 0 Å². The standard InChI is InChI=1S/C16H16FNO/c17-14-8-4-7-13(9-14)11-16(19)15(18)10-12-5-2-1-3-6-12/h1-9,15H,10-11,18H2. The highest BCUT2D eigenvalue weighted by molar-refractivity contribution is 5.86. The third kappa shape index (κ3) is 4.00. The van der Waals surface area contributed by atoms with Gasteiger partial charge in [-0.05, 0) is 29.7 Å². The first kappa shape index (κ1) is 13.4. The number of rotatable bonds is 5. The molecule has 2 aromatic carbocycles. The van der Waals surface area contributed by atoms with Gasteiger partial charge in [0.15, 0.2) is 5.78 Å². The maximum atomic E-state index is 13.0. The number of hydrogen-bond donors (Lipinski definition) is 1. The van der Waals surface area contributed by atoms with Gasteiger partial charge in [-0.3, -0.25) is 4.79 Å². The zero-order chi connectivity index (χ0) is 13.7. The van der Waals surface area contributed by atoms with E-state index in [1.807, 2.05) is 30.3 Å². The molecule has 0 fully saturated rings. The molecule has 0 saturated heterocycles. The zero-order valence-corrected chi connectivity index (χ0v) is 10.6. The molecule has 0 amide bonds. The van der Waals surface area contributed by atoms with Gasteiger partial charge in [-0.1, -0.05) is 42.5 Å². The van der Waals surface area contributed by atoms with Crippen LogP contribution in [0.25, 0.3) is 0 Å². The van der Waals surface area contributed by atoms with Crippen LogP contribution in [0.3, 0.4) is 0 Å². The summed E-state index contributed by atoms with van der Waals surface area (Å²) in [6, 6.07) is 15.1. The van der Waals surface area contributed by atoms with Crippen LogP contribution in [0.2, 0.25) is 0 Å². The summed E-state index contributed by atoms with van der Waals surface area (Å²) in [6.45, 7) is 0. The number of ketones is 1. The van der Waals surface area contributed by atoms with Gasteiger partial charge in [-0.2, -0.15) is 0 Å². The Labute approximate surface area is 112 Å². The zero-order valence-electron chi connectivity index (χ0n) is 10.6. The Kier molecular flexibility index (Phi) is 4.42. The maximum absolute atomic E-state index is 13.0. The van der Waals surface area contributed by atoms with Crippen molar-refractivity contribution in [3.05, 3.63) is 71.5 Å². The third-order valence-corrected chi connectivity index (χ3v) is 2.98. The molecule has 19 heavy (non-hydrogen) atoms. The van der Waals surface area contributed by atoms with E-state index >= 15 is 0 Å². The van der Waals surface area contributed by atoms with Crippen LogP contribution in [0.5, 0.6) is 0 Å². The van der Waals surface area contributed by atoms with Gasteiger partial charge in [-0.15, -0.1) is 0 Å². The fraction of sp³-hybridized carbons (Fsp3) is 0.188.